The van der Waals surface area contributed by atoms with Crippen LogP contribution in [0.1, 0.15) is 40.0 Å². The summed E-state index contributed by atoms with van der Waals surface area (Å²) in [6, 6.07) is 11.3. The van der Waals surface area contributed by atoms with Crippen molar-refractivity contribution in [2.45, 2.75) is 40.0 Å². The van der Waals surface area contributed by atoms with Gasteiger partial charge in [-0.1, -0.05) is 39.0 Å². The fraction of sp³-hybridized carbons (Fsp3) is 0.600. The van der Waals surface area contributed by atoms with Crippen molar-refractivity contribution < 1.29 is 12.4 Å². The lowest BCUT2D eigenvalue weighted by Crippen LogP contribution is -3.00. The van der Waals surface area contributed by atoms with Crippen molar-refractivity contribution in [2.75, 3.05) is 18.5 Å². The van der Waals surface area contributed by atoms with Crippen LogP contribution in [0.4, 0.5) is 0 Å². The highest BCUT2D eigenvalue weighted by Gasteiger charge is 2.36. The van der Waals surface area contributed by atoms with Crippen LogP contribution in [-0.4, -0.2) is 18.5 Å². The van der Waals surface area contributed by atoms with Gasteiger partial charge < -0.3 is 12.4 Å². The van der Waals surface area contributed by atoms with E-state index in [0.717, 1.165) is 0 Å². The number of halogens is 1. The van der Waals surface area contributed by atoms with Gasteiger partial charge in [0.25, 0.3) is 0 Å². The third kappa shape index (κ3) is 4.60. The van der Waals surface area contributed by atoms with Gasteiger partial charge in [0.2, 0.25) is 0 Å². The molecule has 0 aromatic heterocycles. The molecule has 0 heterocycles. The monoisotopic (exact) mass is 272 g/mol. The van der Waals surface area contributed by atoms with E-state index in [0.29, 0.717) is 0 Å². The van der Waals surface area contributed by atoms with Crippen molar-refractivity contribution in [3.05, 3.63) is 30.3 Å². The summed E-state index contributed by atoms with van der Waals surface area (Å²) in [6.07, 6.45) is 8.34. The van der Waals surface area contributed by atoms with Gasteiger partial charge in [0.05, 0.1) is 23.8 Å². The highest BCUT2D eigenvalue weighted by molar-refractivity contribution is 7.82. The zero-order chi connectivity index (χ0) is 11.9. The molecular weight excluding hydrogens is 247 g/mol. The van der Waals surface area contributed by atoms with Crippen LogP contribution in [0.3, 0.4) is 0 Å². The molecule has 0 bridgehead atoms. The predicted molar refractivity (Wildman–Crippen MR) is 78.5 cm³/mol. The smallest absolute Gasteiger partial charge is 0.0939 e. The first-order valence-electron chi connectivity index (χ1n) is 6.70. The summed E-state index contributed by atoms with van der Waals surface area (Å²) in [5.41, 5.74) is 0. The van der Waals surface area contributed by atoms with Crippen LogP contribution < -0.4 is 17.7 Å². The van der Waals surface area contributed by atoms with Crippen LogP contribution in [0, 0.1) is 0 Å². The first kappa shape index (κ1) is 16.9. The molecule has 0 spiro atoms. The number of benzene rings is 1. The standard InChI is InChI=1S/C15H26P.ClH/c1-4-12-16(13-5-2,14-6-3)15-10-8-7-9-11-15;/h7-11H,4-6,12-14H2,1-3H3;1H/q+1;/p-1. The maximum absolute atomic E-state index is 2.37. The van der Waals surface area contributed by atoms with Gasteiger partial charge in [0.15, 0.2) is 0 Å². The SMILES string of the molecule is CCC[P+](CCC)(CCC)c1ccccc1.[Cl-]. The topological polar surface area (TPSA) is 0 Å². The van der Waals surface area contributed by atoms with Crippen molar-refractivity contribution in [3.8, 4) is 0 Å². The fourth-order valence-corrected chi connectivity index (χ4v) is 7.57. The van der Waals surface area contributed by atoms with Crippen molar-refractivity contribution in [1.29, 1.82) is 0 Å². The molecule has 2 heteroatoms. The summed E-state index contributed by atoms with van der Waals surface area (Å²) >= 11 is 0. The summed E-state index contributed by atoms with van der Waals surface area (Å²) in [7, 11) is -0.849. The zero-order valence-electron chi connectivity index (χ0n) is 11.5. The molecule has 0 amide bonds. The second-order valence-corrected chi connectivity index (χ2v) is 8.80. The molecule has 0 unspecified atom stereocenters. The van der Waals surface area contributed by atoms with E-state index in [1.807, 2.05) is 0 Å². The van der Waals surface area contributed by atoms with Crippen LogP contribution in [0.15, 0.2) is 30.3 Å². The minimum Gasteiger partial charge on any atom is -1.00 e. The first-order valence-corrected chi connectivity index (χ1v) is 9.05. The quantitative estimate of drug-likeness (QED) is 0.661. The molecule has 17 heavy (non-hydrogen) atoms. The van der Waals surface area contributed by atoms with Crippen molar-refractivity contribution in [1.82, 2.24) is 0 Å². The molecule has 0 saturated heterocycles. The predicted octanol–water partition coefficient (Wildman–Crippen LogP) is 1.56. The third-order valence-electron chi connectivity index (χ3n) is 3.26. The molecule has 0 aliphatic heterocycles. The van der Waals surface area contributed by atoms with Crippen molar-refractivity contribution >= 4 is 12.6 Å². The fourth-order valence-electron chi connectivity index (χ4n) is 2.75. The highest BCUT2D eigenvalue weighted by atomic mass is 35.5. The maximum atomic E-state index is 2.37. The van der Waals surface area contributed by atoms with Gasteiger partial charge in [0, 0.05) is 7.26 Å². The molecule has 0 aliphatic rings. The minimum absolute atomic E-state index is 0. The average Bonchev–Trinajstić information content (AvgIpc) is 2.31. The molecule has 0 aliphatic carbocycles. The second-order valence-electron chi connectivity index (χ2n) is 4.65. The Morgan fingerprint density at radius 3 is 1.53 bits per heavy atom. The van der Waals surface area contributed by atoms with E-state index in [4.69, 9.17) is 0 Å². The van der Waals surface area contributed by atoms with Gasteiger partial charge in [-0.3, -0.25) is 0 Å². The average molecular weight is 273 g/mol. The van der Waals surface area contributed by atoms with Crippen molar-refractivity contribution in [3.63, 3.8) is 0 Å². The molecule has 98 valence electrons. The first-order chi connectivity index (χ1) is 7.79. The lowest BCUT2D eigenvalue weighted by Gasteiger charge is -2.26. The van der Waals surface area contributed by atoms with Crippen molar-refractivity contribution in [2.24, 2.45) is 0 Å². The molecular formula is C15H26ClP. The molecule has 0 atom stereocenters. The summed E-state index contributed by atoms with van der Waals surface area (Å²) in [5.74, 6) is 0. The minimum atomic E-state index is -0.849. The Balaban J connectivity index is 0.00000256. The Bertz CT molecular complexity index is 267. The molecule has 0 nitrogen and oxygen atoms in total. The third-order valence-corrected chi connectivity index (χ3v) is 8.56. The number of rotatable bonds is 7. The largest absolute Gasteiger partial charge is 1.00 e. The molecule has 0 fully saturated rings. The van der Waals surface area contributed by atoms with E-state index in [1.54, 1.807) is 5.30 Å². The van der Waals surface area contributed by atoms with E-state index < -0.39 is 7.26 Å². The molecule has 0 N–H and O–H groups in total. The Morgan fingerprint density at radius 2 is 1.18 bits per heavy atom. The number of hydrogen-bond donors (Lipinski definition) is 0. The molecule has 1 aromatic carbocycles. The van der Waals surface area contributed by atoms with Gasteiger partial charge in [-0.2, -0.15) is 0 Å². The summed E-state index contributed by atoms with van der Waals surface area (Å²) < 4.78 is 0. The zero-order valence-corrected chi connectivity index (χ0v) is 13.1. The highest BCUT2D eigenvalue weighted by Crippen LogP contribution is 2.58. The molecule has 1 rings (SSSR count). The van der Waals surface area contributed by atoms with Gasteiger partial charge in [-0.05, 0) is 31.4 Å². The van der Waals surface area contributed by atoms with Crippen LogP contribution in [0.5, 0.6) is 0 Å². The van der Waals surface area contributed by atoms with Crippen LogP contribution in [-0.2, 0) is 0 Å². The lowest BCUT2D eigenvalue weighted by atomic mass is 10.4. The molecule has 0 radical (unpaired) electrons. The Kier molecular flexibility index (Phi) is 8.92. The Morgan fingerprint density at radius 1 is 0.765 bits per heavy atom. The van der Waals surface area contributed by atoms with Gasteiger partial charge in [-0.15, -0.1) is 0 Å². The van der Waals surface area contributed by atoms with Crippen LogP contribution >= 0.6 is 7.26 Å². The molecule has 0 saturated carbocycles. The van der Waals surface area contributed by atoms with Gasteiger partial charge >= 0.3 is 0 Å². The van der Waals surface area contributed by atoms with Crippen LogP contribution in [0.25, 0.3) is 0 Å². The summed E-state index contributed by atoms with van der Waals surface area (Å²) in [4.78, 5) is 0. The van der Waals surface area contributed by atoms with E-state index in [1.165, 1.54) is 37.7 Å². The summed E-state index contributed by atoms with van der Waals surface area (Å²) in [6.45, 7) is 7.01. The van der Waals surface area contributed by atoms with E-state index in [9.17, 15) is 0 Å². The second kappa shape index (κ2) is 8.95. The lowest BCUT2D eigenvalue weighted by molar-refractivity contribution is -0.00000356. The number of hydrogen-bond acceptors (Lipinski definition) is 0. The summed E-state index contributed by atoms with van der Waals surface area (Å²) in [5, 5.41) is 1.67. The van der Waals surface area contributed by atoms with E-state index in [2.05, 4.69) is 51.1 Å². The van der Waals surface area contributed by atoms with Gasteiger partial charge in [0.1, 0.15) is 0 Å². The van der Waals surface area contributed by atoms with E-state index in [-0.39, 0.29) is 12.4 Å². The van der Waals surface area contributed by atoms with Crippen LogP contribution in [0.2, 0.25) is 0 Å². The Labute approximate surface area is 114 Å². The molecule has 1 aromatic rings. The van der Waals surface area contributed by atoms with Gasteiger partial charge in [-0.25, -0.2) is 0 Å². The maximum Gasteiger partial charge on any atom is 0.0939 e. The Hall–Kier alpha value is -0.0600. The normalized spacial score (nSPS) is 11.0. The van der Waals surface area contributed by atoms with E-state index >= 15 is 0 Å².